The van der Waals surface area contributed by atoms with Gasteiger partial charge in [0.15, 0.2) is 4.77 Å². The van der Waals surface area contributed by atoms with Gasteiger partial charge in [-0.15, -0.1) is 0 Å². The van der Waals surface area contributed by atoms with Gasteiger partial charge in [-0.3, -0.25) is 4.90 Å². The number of nitrogens with one attached hydrogen (secondary N) is 1. The zero-order valence-electron chi connectivity index (χ0n) is 10.9. The Morgan fingerprint density at radius 3 is 2.80 bits per heavy atom. The number of benzene rings is 1. The third-order valence-electron chi connectivity index (χ3n) is 4.38. The summed E-state index contributed by atoms with van der Waals surface area (Å²) < 4.78 is 17.0. The van der Waals surface area contributed by atoms with E-state index >= 15 is 0 Å². The van der Waals surface area contributed by atoms with Crippen molar-refractivity contribution in [2.45, 2.75) is 31.3 Å². The molecule has 3 nitrogen and oxygen atoms in total. The molecule has 2 aromatic rings. The predicted octanol–water partition coefficient (Wildman–Crippen LogP) is 4.01. The third-order valence-corrected chi connectivity index (χ3v) is 5.29. The van der Waals surface area contributed by atoms with Gasteiger partial charge in [0.05, 0.1) is 21.5 Å². The molecule has 2 fully saturated rings. The first-order valence-corrected chi connectivity index (χ1v) is 8.17. The van der Waals surface area contributed by atoms with Crippen LogP contribution in [0, 0.1) is 10.6 Å². The van der Waals surface area contributed by atoms with Crippen LogP contribution in [0.25, 0.3) is 11.0 Å². The molecule has 0 radical (unpaired) electrons. The first kappa shape index (κ1) is 13.0. The van der Waals surface area contributed by atoms with Crippen LogP contribution < -0.4 is 0 Å². The van der Waals surface area contributed by atoms with Crippen molar-refractivity contribution in [1.82, 2.24) is 14.5 Å². The van der Waals surface area contributed by atoms with Crippen LogP contribution in [0.2, 0.25) is 0 Å². The smallest absolute Gasteiger partial charge is 0.178 e. The molecule has 0 spiro atoms. The summed E-state index contributed by atoms with van der Waals surface area (Å²) in [6.07, 6.45) is 3.79. The molecule has 1 aromatic carbocycles. The van der Waals surface area contributed by atoms with E-state index in [4.69, 9.17) is 12.2 Å². The fraction of sp³-hybridized carbons (Fsp3) is 0.500. The molecule has 4 rings (SSSR count). The summed E-state index contributed by atoms with van der Waals surface area (Å²) in [5.41, 5.74) is 1.77. The van der Waals surface area contributed by atoms with Gasteiger partial charge in [0.2, 0.25) is 0 Å². The predicted molar refractivity (Wildman–Crippen MR) is 83.0 cm³/mol. The van der Waals surface area contributed by atoms with E-state index in [0.717, 1.165) is 36.6 Å². The number of aromatic nitrogens is 2. The second-order valence-electron chi connectivity index (χ2n) is 5.75. The fourth-order valence-electron chi connectivity index (χ4n) is 3.23. The van der Waals surface area contributed by atoms with Crippen molar-refractivity contribution < 1.29 is 4.39 Å². The second kappa shape index (κ2) is 4.64. The lowest BCUT2D eigenvalue weighted by molar-refractivity contribution is 0.314. The summed E-state index contributed by atoms with van der Waals surface area (Å²) in [6.45, 7) is 2.20. The summed E-state index contributed by atoms with van der Waals surface area (Å²) in [5.74, 6) is -0.257. The summed E-state index contributed by atoms with van der Waals surface area (Å²) in [6, 6.07) is 4.54. The molecule has 1 unspecified atom stereocenters. The van der Waals surface area contributed by atoms with Crippen molar-refractivity contribution in [3.63, 3.8) is 0 Å². The quantitative estimate of drug-likeness (QED) is 0.822. The Hall–Kier alpha value is -0.720. The highest BCUT2D eigenvalue weighted by atomic mass is 79.9. The molecule has 20 heavy (non-hydrogen) atoms. The maximum atomic E-state index is 13.6. The number of fused-ring (bicyclic) bond motifs is 1. The molecule has 0 bridgehead atoms. The third kappa shape index (κ3) is 2.05. The van der Waals surface area contributed by atoms with E-state index in [2.05, 4.69) is 30.4 Å². The maximum Gasteiger partial charge on any atom is 0.178 e. The number of hydrogen-bond acceptors (Lipinski definition) is 2. The number of rotatable bonds is 2. The Bertz CT molecular complexity index is 734. The zero-order valence-corrected chi connectivity index (χ0v) is 13.3. The Kier molecular flexibility index (Phi) is 3.01. The number of imidazole rings is 1. The molecule has 1 atom stereocenters. The van der Waals surface area contributed by atoms with Crippen LogP contribution in [-0.4, -0.2) is 33.6 Å². The molecule has 0 amide bonds. The Labute approximate surface area is 129 Å². The van der Waals surface area contributed by atoms with Crippen molar-refractivity contribution >= 4 is 39.2 Å². The van der Waals surface area contributed by atoms with Crippen LogP contribution in [0.15, 0.2) is 16.6 Å². The number of aromatic amines is 1. The molecule has 106 valence electrons. The number of nitrogens with zero attached hydrogens (tertiary/aromatic N) is 2. The van der Waals surface area contributed by atoms with Crippen molar-refractivity contribution in [1.29, 1.82) is 0 Å². The molecular weight excluding hydrogens is 341 g/mol. The van der Waals surface area contributed by atoms with Gasteiger partial charge in [-0.25, -0.2) is 4.39 Å². The largest absolute Gasteiger partial charge is 0.330 e. The zero-order chi connectivity index (χ0) is 13.9. The molecule has 1 aliphatic carbocycles. The summed E-state index contributed by atoms with van der Waals surface area (Å²) in [5, 5.41) is 0. The minimum atomic E-state index is -0.257. The SMILES string of the molecule is Fc1cc2[nH]c(=S)n(C3CCN(C4CC4)C3)c2cc1Br. The van der Waals surface area contributed by atoms with E-state index in [9.17, 15) is 4.39 Å². The molecule has 1 saturated heterocycles. The van der Waals surface area contributed by atoms with E-state index in [1.165, 1.54) is 18.9 Å². The van der Waals surface area contributed by atoms with E-state index in [-0.39, 0.29) is 5.82 Å². The number of likely N-dealkylation sites (tertiary alicyclic amines) is 1. The second-order valence-corrected chi connectivity index (χ2v) is 6.99. The van der Waals surface area contributed by atoms with E-state index in [1.54, 1.807) is 0 Å². The van der Waals surface area contributed by atoms with E-state index in [0.29, 0.717) is 15.3 Å². The van der Waals surface area contributed by atoms with Crippen molar-refractivity contribution in [3.05, 3.63) is 27.2 Å². The van der Waals surface area contributed by atoms with E-state index < -0.39 is 0 Å². The Morgan fingerprint density at radius 2 is 2.05 bits per heavy atom. The number of H-pyrrole nitrogens is 1. The molecule has 6 heteroatoms. The van der Waals surface area contributed by atoms with Gasteiger partial charge in [0.25, 0.3) is 0 Å². The average Bonchev–Trinajstić information content (AvgIpc) is 3.06. The Balaban J connectivity index is 1.77. The average molecular weight is 356 g/mol. The van der Waals surface area contributed by atoms with Crippen LogP contribution >= 0.6 is 28.1 Å². The van der Waals surface area contributed by atoms with Gasteiger partial charge in [0, 0.05) is 25.2 Å². The first-order chi connectivity index (χ1) is 9.63. The Morgan fingerprint density at radius 1 is 1.25 bits per heavy atom. The van der Waals surface area contributed by atoms with Gasteiger partial charge in [0.1, 0.15) is 5.82 Å². The number of hydrogen-bond donors (Lipinski definition) is 1. The van der Waals surface area contributed by atoms with Gasteiger partial charge < -0.3 is 9.55 Å². The van der Waals surface area contributed by atoms with Crippen LogP contribution in [0.5, 0.6) is 0 Å². The van der Waals surface area contributed by atoms with Gasteiger partial charge >= 0.3 is 0 Å². The molecule has 1 aromatic heterocycles. The lowest BCUT2D eigenvalue weighted by atomic mass is 10.2. The van der Waals surface area contributed by atoms with Crippen molar-refractivity contribution in [3.8, 4) is 0 Å². The van der Waals surface area contributed by atoms with Crippen LogP contribution in [0.3, 0.4) is 0 Å². The monoisotopic (exact) mass is 355 g/mol. The maximum absolute atomic E-state index is 13.6. The summed E-state index contributed by atoms with van der Waals surface area (Å²) >= 11 is 8.71. The molecule has 1 saturated carbocycles. The topological polar surface area (TPSA) is 24.0 Å². The fourth-order valence-corrected chi connectivity index (χ4v) is 3.92. The normalized spacial score (nSPS) is 23.8. The molecular formula is C14H15BrFN3S. The van der Waals surface area contributed by atoms with Gasteiger partial charge in [-0.2, -0.15) is 0 Å². The lowest BCUT2D eigenvalue weighted by Gasteiger charge is -2.16. The number of halogens is 2. The molecule has 2 aliphatic rings. The van der Waals surface area contributed by atoms with Crippen LogP contribution in [0.1, 0.15) is 25.3 Å². The van der Waals surface area contributed by atoms with Gasteiger partial charge in [-0.05, 0) is 53.5 Å². The lowest BCUT2D eigenvalue weighted by Crippen LogP contribution is -2.23. The minimum absolute atomic E-state index is 0.257. The molecule has 1 aliphatic heterocycles. The van der Waals surface area contributed by atoms with Crippen LogP contribution in [0.4, 0.5) is 4.39 Å². The van der Waals surface area contributed by atoms with E-state index in [1.807, 2.05) is 6.07 Å². The van der Waals surface area contributed by atoms with Gasteiger partial charge in [-0.1, -0.05) is 0 Å². The minimum Gasteiger partial charge on any atom is -0.330 e. The summed E-state index contributed by atoms with van der Waals surface area (Å²) in [7, 11) is 0. The molecule has 2 heterocycles. The first-order valence-electron chi connectivity index (χ1n) is 6.97. The highest BCUT2D eigenvalue weighted by Gasteiger charge is 2.35. The van der Waals surface area contributed by atoms with Crippen molar-refractivity contribution in [2.75, 3.05) is 13.1 Å². The highest BCUT2D eigenvalue weighted by Crippen LogP contribution is 2.35. The highest BCUT2D eigenvalue weighted by molar-refractivity contribution is 9.10. The standard InChI is InChI=1S/C14H15BrFN3S/c15-10-5-13-12(6-11(10)16)17-14(20)19(13)9-3-4-18(7-9)8-1-2-8/h5-6,8-9H,1-4,7H2,(H,17,20). The summed E-state index contributed by atoms with van der Waals surface area (Å²) in [4.78, 5) is 5.69. The molecule has 1 N–H and O–H groups in total. The van der Waals surface area contributed by atoms with Crippen molar-refractivity contribution in [2.24, 2.45) is 0 Å². The van der Waals surface area contributed by atoms with Crippen LogP contribution in [-0.2, 0) is 0 Å².